The predicted octanol–water partition coefficient (Wildman–Crippen LogP) is -3.40. The van der Waals surface area contributed by atoms with Crippen molar-refractivity contribution < 1.29 is 58.9 Å². The molecule has 1 N–H and O–H groups in total. The molecule has 12 nitrogen and oxygen atoms in total. The molecule has 172 valence electrons. The number of hydrogen-bond donors (Lipinski definition) is 1. The van der Waals surface area contributed by atoms with Crippen LogP contribution in [0.2, 0.25) is 0 Å². The number of thioether (sulfide) groups is 2. The molecule has 1 saturated heterocycles. The average molecular weight is 513 g/mol. The van der Waals surface area contributed by atoms with Crippen molar-refractivity contribution in [1.29, 1.82) is 0 Å². The summed E-state index contributed by atoms with van der Waals surface area (Å²) < 4.78 is 6.37. The van der Waals surface area contributed by atoms with Gasteiger partial charge >= 0.3 is 35.5 Å². The van der Waals surface area contributed by atoms with Crippen molar-refractivity contribution in [1.82, 2.24) is 25.1 Å². The molecular weight excluding hydrogens is 495 g/mol. The summed E-state index contributed by atoms with van der Waals surface area (Å²) in [6.07, 6.45) is -1.28. The summed E-state index contributed by atoms with van der Waals surface area (Å²) in [5.74, 6) is -2.01. The number of aliphatic carboxylic acids is 1. The Hall–Kier alpha value is -2.39. The van der Waals surface area contributed by atoms with Crippen LogP contribution in [0.5, 0.6) is 0 Å². The largest absolute Gasteiger partial charge is 1.00 e. The Morgan fingerprint density at radius 1 is 1.44 bits per heavy atom. The van der Waals surface area contributed by atoms with Crippen LogP contribution in [0.1, 0.15) is 11.7 Å². The number of aryl methyl sites for hydroxylation is 1. The van der Waals surface area contributed by atoms with E-state index >= 15 is 0 Å². The number of carboxylic acids is 1. The van der Waals surface area contributed by atoms with Crippen LogP contribution in [0.15, 0.2) is 51.8 Å². The SMILES string of the molecule is Cn1nnnc1SCC1=C(C(=O)O)N2C(=O)[C@@H](N=C([O-])[C@H](OC=O)c3ccccc3)[C@H]2SC1.[Na+]. The van der Waals surface area contributed by atoms with Gasteiger partial charge in [-0.05, 0) is 21.6 Å². The molecular formula is C19H17N6NaO6S2. The van der Waals surface area contributed by atoms with Crippen molar-refractivity contribution in [3.8, 4) is 0 Å². The van der Waals surface area contributed by atoms with Crippen molar-refractivity contribution in [2.75, 3.05) is 11.5 Å². The van der Waals surface area contributed by atoms with Gasteiger partial charge in [-0.25, -0.2) is 9.48 Å². The number of β-lactam (4-membered cyclic amide) rings is 1. The van der Waals surface area contributed by atoms with E-state index in [0.29, 0.717) is 22.0 Å². The zero-order valence-electron chi connectivity index (χ0n) is 18.1. The first-order chi connectivity index (χ1) is 15.9. The van der Waals surface area contributed by atoms with Crippen molar-refractivity contribution in [3.63, 3.8) is 0 Å². The summed E-state index contributed by atoms with van der Waals surface area (Å²) in [5, 5.41) is 33.5. The van der Waals surface area contributed by atoms with Crippen molar-refractivity contribution in [3.05, 3.63) is 47.2 Å². The molecule has 4 rings (SSSR count). The van der Waals surface area contributed by atoms with Gasteiger partial charge in [0, 0.05) is 24.5 Å². The molecule has 1 aromatic heterocycles. The maximum atomic E-state index is 12.8. The second-order valence-electron chi connectivity index (χ2n) is 6.98. The van der Waals surface area contributed by atoms with Gasteiger partial charge in [-0.3, -0.25) is 19.5 Å². The first-order valence-corrected chi connectivity index (χ1v) is 11.6. The van der Waals surface area contributed by atoms with Gasteiger partial charge in [0.05, 0.1) is 0 Å². The normalized spacial score (nSPS) is 20.7. The molecule has 2 aliphatic rings. The summed E-state index contributed by atoms with van der Waals surface area (Å²) in [4.78, 5) is 40.8. The van der Waals surface area contributed by atoms with Gasteiger partial charge in [-0.1, -0.05) is 42.1 Å². The van der Waals surface area contributed by atoms with E-state index in [1.54, 1.807) is 37.4 Å². The molecule has 3 heterocycles. The van der Waals surface area contributed by atoms with Crippen LogP contribution in [0.25, 0.3) is 0 Å². The number of benzene rings is 1. The van der Waals surface area contributed by atoms with E-state index in [1.165, 1.54) is 28.2 Å². The zero-order chi connectivity index (χ0) is 23.5. The molecule has 0 spiro atoms. The van der Waals surface area contributed by atoms with Crippen molar-refractivity contribution in [2.45, 2.75) is 22.7 Å². The first kappa shape index (κ1) is 26.2. The number of amides is 1. The van der Waals surface area contributed by atoms with Crippen molar-refractivity contribution >= 4 is 47.8 Å². The molecule has 1 amide bonds. The third-order valence-corrected chi connectivity index (χ3v) is 7.39. The molecule has 0 saturated carbocycles. The Labute approximate surface area is 224 Å². The average Bonchev–Trinajstić information content (AvgIpc) is 3.23. The van der Waals surface area contributed by atoms with Gasteiger partial charge in [-0.2, -0.15) is 0 Å². The van der Waals surface area contributed by atoms with E-state index < -0.39 is 35.3 Å². The van der Waals surface area contributed by atoms with Crippen LogP contribution in [-0.2, 0) is 26.2 Å². The molecule has 0 aliphatic carbocycles. The molecule has 3 atom stereocenters. The molecule has 34 heavy (non-hydrogen) atoms. The molecule has 2 aromatic rings. The summed E-state index contributed by atoms with van der Waals surface area (Å²) in [6, 6.07) is 7.25. The van der Waals surface area contributed by atoms with E-state index in [1.807, 2.05) is 0 Å². The number of rotatable bonds is 9. The number of carboxylic acid groups (broad SMARTS) is 1. The maximum absolute atomic E-state index is 12.8. The van der Waals surface area contributed by atoms with E-state index in [0.717, 1.165) is 4.90 Å². The number of ether oxygens (including phenoxy) is 1. The Bertz CT molecular complexity index is 1140. The molecule has 2 aliphatic heterocycles. The minimum atomic E-state index is -1.28. The number of nitrogens with zero attached hydrogens (tertiary/aromatic N) is 6. The fourth-order valence-electron chi connectivity index (χ4n) is 3.42. The number of hydrogen-bond acceptors (Lipinski definition) is 11. The van der Waals surface area contributed by atoms with Crippen LogP contribution in [0, 0.1) is 0 Å². The van der Waals surface area contributed by atoms with Gasteiger partial charge in [-0.15, -0.1) is 16.9 Å². The molecule has 15 heteroatoms. The molecule has 0 bridgehead atoms. The standard InChI is InChI=1S/C19H18N6O6S2.Na/c1-24-19(21-22-23-24)33-8-11-7-32-17-12(16(28)25(17)13(11)18(29)30)20-15(27)14(31-9-26)10-5-3-2-4-6-10;/h2-6,9,12,14,17H,7-8H2,1H3,(H,20,27)(H,29,30);/q;+1/p-1/t12-,14-,17-;/m1./s1. The van der Waals surface area contributed by atoms with Gasteiger partial charge in [0.25, 0.3) is 12.4 Å². The van der Waals surface area contributed by atoms with Crippen LogP contribution in [0.3, 0.4) is 0 Å². The number of fused-ring (bicyclic) bond motifs is 1. The fourth-order valence-corrected chi connectivity index (χ4v) is 5.74. The smallest absolute Gasteiger partial charge is 0.859 e. The minimum Gasteiger partial charge on any atom is -0.859 e. The van der Waals surface area contributed by atoms with Crippen LogP contribution in [-0.4, -0.2) is 77.4 Å². The second-order valence-corrected chi connectivity index (χ2v) is 9.02. The summed E-state index contributed by atoms with van der Waals surface area (Å²) in [5.41, 5.74) is 0.845. The van der Waals surface area contributed by atoms with Gasteiger partial charge in [0.15, 0.2) is 12.1 Å². The van der Waals surface area contributed by atoms with Crippen molar-refractivity contribution in [2.24, 2.45) is 12.0 Å². The summed E-state index contributed by atoms with van der Waals surface area (Å²) in [7, 11) is 1.67. The molecule has 1 aromatic carbocycles. The molecule has 0 unspecified atom stereocenters. The summed E-state index contributed by atoms with van der Waals surface area (Å²) in [6.45, 7) is 0.150. The van der Waals surface area contributed by atoms with E-state index in [9.17, 15) is 24.6 Å². The Kier molecular flexibility index (Phi) is 8.76. The number of aliphatic imine (C=N–C) groups is 1. The maximum Gasteiger partial charge on any atom is 1.00 e. The van der Waals surface area contributed by atoms with E-state index in [2.05, 4.69) is 20.5 Å². The Balaban J connectivity index is 0.00000324. The Morgan fingerprint density at radius 2 is 2.18 bits per heavy atom. The topological polar surface area (TPSA) is 163 Å². The van der Waals surface area contributed by atoms with Crippen LogP contribution >= 0.6 is 23.5 Å². The second kappa shape index (κ2) is 11.4. The summed E-state index contributed by atoms with van der Waals surface area (Å²) >= 11 is 2.57. The minimum absolute atomic E-state index is 0. The number of carbonyl (C=O) groups excluding carboxylic acids is 2. The third-order valence-electron chi connectivity index (χ3n) is 4.96. The van der Waals surface area contributed by atoms with Gasteiger partial charge in [0.1, 0.15) is 11.1 Å². The quantitative estimate of drug-likeness (QED) is 0.0890. The predicted molar refractivity (Wildman–Crippen MR) is 115 cm³/mol. The van der Waals surface area contributed by atoms with Crippen LogP contribution < -0.4 is 34.7 Å². The Morgan fingerprint density at radius 3 is 2.79 bits per heavy atom. The number of aromatic nitrogens is 4. The van der Waals surface area contributed by atoms with Gasteiger partial charge < -0.3 is 14.9 Å². The zero-order valence-corrected chi connectivity index (χ0v) is 21.7. The number of carbonyl (C=O) groups is 3. The van der Waals surface area contributed by atoms with E-state index in [4.69, 9.17) is 4.74 Å². The van der Waals surface area contributed by atoms with Crippen LogP contribution in [0.4, 0.5) is 0 Å². The third kappa shape index (κ3) is 5.15. The molecule has 0 radical (unpaired) electrons. The first-order valence-electron chi connectivity index (χ1n) is 9.56. The number of tetrazole rings is 1. The molecule has 1 fully saturated rings. The monoisotopic (exact) mass is 512 g/mol. The van der Waals surface area contributed by atoms with Gasteiger partial charge in [0.2, 0.25) is 5.16 Å². The van der Waals surface area contributed by atoms with E-state index in [-0.39, 0.29) is 47.5 Å². The fraction of sp³-hybridized carbons (Fsp3) is 0.316.